The zero-order chi connectivity index (χ0) is 16.8. The lowest BCUT2D eigenvalue weighted by atomic mass is 10.1. The van der Waals surface area contributed by atoms with Crippen molar-refractivity contribution in [2.24, 2.45) is 0 Å². The van der Waals surface area contributed by atoms with Gasteiger partial charge in [-0.1, -0.05) is 48.5 Å². The summed E-state index contributed by atoms with van der Waals surface area (Å²) in [6, 6.07) is 17.0. The average molecular weight is 312 g/mol. The first-order valence-corrected chi connectivity index (χ1v) is 7.75. The first-order chi connectivity index (χ1) is 11.0. The second-order valence-corrected chi connectivity index (χ2v) is 5.97. The molecule has 0 saturated carbocycles. The number of benzene rings is 2. The van der Waals surface area contributed by atoms with Crippen LogP contribution in [0.4, 0.5) is 0 Å². The predicted molar refractivity (Wildman–Crippen MR) is 92.1 cm³/mol. The van der Waals surface area contributed by atoms with E-state index in [9.17, 15) is 9.90 Å². The van der Waals surface area contributed by atoms with E-state index in [1.54, 1.807) is 12.1 Å². The summed E-state index contributed by atoms with van der Waals surface area (Å²) in [5.74, 6) is 0.255. The van der Waals surface area contributed by atoms with E-state index in [-0.39, 0.29) is 17.7 Å². The molecule has 23 heavy (non-hydrogen) atoms. The molecule has 122 valence electrons. The van der Waals surface area contributed by atoms with Crippen molar-refractivity contribution in [2.75, 3.05) is 20.6 Å². The van der Waals surface area contributed by atoms with Gasteiger partial charge >= 0.3 is 0 Å². The Labute approximate surface area is 138 Å². The molecule has 4 nitrogen and oxygen atoms in total. The van der Waals surface area contributed by atoms with Gasteiger partial charge in [0.25, 0.3) is 0 Å². The van der Waals surface area contributed by atoms with Crippen molar-refractivity contribution in [1.29, 1.82) is 0 Å². The highest BCUT2D eigenvalue weighted by Gasteiger charge is 2.22. The number of para-hydroxylation sites is 1. The SMILES string of the molecule is CC(c1ccccc1)N(Cc1ccccc1O)C(=O)CN(C)C. The van der Waals surface area contributed by atoms with E-state index in [0.717, 1.165) is 11.1 Å². The molecule has 0 aromatic heterocycles. The molecule has 2 aromatic rings. The molecule has 0 fully saturated rings. The van der Waals surface area contributed by atoms with E-state index >= 15 is 0 Å². The second-order valence-electron chi connectivity index (χ2n) is 5.97. The van der Waals surface area contributed by atoms with Crippen LogP contribution in [-0.2, 0) is 11.3 Å². The van der Waals surface area contributed by atoms with Gasteiger partial charge in [0.05, 0.1) is 12.6 Å². The lowest BCUT2D eigenvalue weighted by molar-refractivity contribution is -0.134. The summed E-state index contributed by atoms with van der Waals surface area (Å²) in [5.41, 5.74) is 1.83. The molecule has 1 unspecified atom stereocenters. The number of hydrogen-bond acceptors (Lipinski definition) is 3. The normalized spacial score (nSPS) is 12.2. The van der Waals surface area contributed by atoms with Gasteiger partial charge in [-0.3, -0.25) is 4.79 Å². The Morgan fingerprint density at radius 1 is 1.04 bits per heavy atom. The number of carbonyl (C=O) groups is 1. The number of hydrogen-bond donors (Lipinski definition) is 1. The van der Waals surface area contributed by atoms with Crippen molar-refractivity contribution >= 4 is 5.91 Å². The fourth-order valence-electron chi connectivity index (χ4n) is 2.54. The van der Waals surface area contributed by atoms with Crippen LogP contribution in [0.5, 0.6) is 5.75 Å². The summed E-state index contributed by atoms with van der Waals surface area (Å²) in [5, 5.41) is 10.0. The molecular weight excluding hydrogens is 288 g/mol. The van der Waals surface area contributed by atoms with Crippen LogP contribution in [0.1, 0.15) is 24.1 Å². The maximum atomic E-state index is 12.7. The van der Waals surface area contributed by atoms with Crippen molar-refractivity contribution in [3.8, 4) is 5.75 Å². The van der Waals surface area contributed by atoms with E-state index in [1.807, 2.05) is 73.3 Å². The van der Waals surface area contributed by atoms with Gasteiger partial charge in [0.15, 0.2) is 0 Å². The lowest BCUT2D eigenvalue weighted by Gasteiger charge is -2.31. The molecule has 0 aliphatic carbocycles. The van der Waals surface area contributed by atoms with Gasteiger partial charge in [0.1, 0.15) is 5.75 Å². The smallest absolute Gasteiger partial charge is 0.237 e. The van der Waals surface area contributed by atoms with Crippen LogP contribution in [0.3, 0.4) is 0 Å². The second kappa shape index (κ2) is 7.79. The largest absolute Gasteiger partial charge is 0.508 e. The maximum Gasteiger partial charge on any atom is 0.237 e. The minimum Gasteiger partial charge on any atom is -0.508 e. The van der Waals surface area contributed by atoms with E-state index in [1.165, 1.54) is 0 Å². The standard InChI is InChI=1S/C19H24N2O2/c1-15(16-9-5-4-6-10-16)21(19(23)14-20(2)3)13-17-11-7-8-12-18(17)22/h4-12,15,22H,13-14H2,1-3H3. The summed E-state index contributed by atoms with van der Waals surface area (Å²) in [6.45, 7) is 2.74. The molecule has 1 atom stereocenters. The summed E-state index contributed by atoms with van der Waals surface area (Å²) in [7, 11) is 3.76. The fourth-order valence-corrected chi connectivity index (χ4v) is 2.54. The van der Waals surface area contributed by atoms with E-state index in [4.69, 9.17) is 0 Å². The van der Waals surface area contributed by atoms with Crippen LogP contribution < -0.4 is 0 Å². The van der Waals surface area contributed by atoms with Crippen LogP contribution in [0.25, 0.3) is 0 Å². The minimum atomic E-state index is -0.0664. The topological polar surface area (TPSA) is 43.8 Å². The number of likely N-dealkylation sites (N-methyl/N-ethyl adjacent to an activating group) is 1. The van der Waals surface area contributed by atoms with Crippen molar-refractivity contribution < 1.29 is 9.90 Å². The van der Waals surface area contributed by atoms with Gasteiger partial charge in [-0.2, -0.15) is 0 Å². The zero-order valence-electron chi connectivity index (χ0n) is 13.9. The number of phenolic OH excluding ortho intramolecular Hbond substituents is 1. The summed E-state index contributed by atoms with van der Waals surface area (Å²) in [6.07, 6.45) is 0. The first-order valence-electron chi connectivity index (χ1n) is 7.75. The van der Waals surface area contributed by atoms with Gasteiger partial charge in [0.2, 0.25) is 5.91 Å². The molecule has 0 aliphatic rings. The maximum absolute atomic E-state index is 12.7. The van der Waals surface area contributed by atoms with Crippen LogP contribution in [-0.4, -0.2) is 41.5 Å². The third-order valence-electron chi connectivity index (χ3n) is 3.85. The zero-order valence-corrected chi connectivity index (χ0v) is 13.9. The summed E-state index contributed by atoms with van der Waals surface area (Å²) >= 11 is 0. The molecule has 0 bridgehead atoms. The van der Waals surface area contributed by atoms with Crippen LogP contribution in [0.2, 0.25) is 0 Å². The van der Waals surface area contributed by atoms with E-state index < -0.39 is 0 Å². The van der Waals surface area contributed by atoms with Crippen molar-refractivity contribution in [3.63, 3.8) is 0 Å². The molecule has 0 saturated heterocycles. The third-order valence-corrected chi connectivity index (χ3v) is 3.85. The van der Waals surface area contributed by atoms with Crippen molar-refractivity contribution in [3.05, 3.63) is 65.7 Å². The van der Waals surface area contributed by atoms with Gasteiger partial charge in [-0.05, 0) is 32.6 Å². The minimum absolute atomic E-state index is 0.0367. The van der Waals surface area contributed by atoms with Crippen LogP contribution >= 0.6 is 0 Å². The number of phenols is 1. The number of aromatic hydroxyl groups is 1. The van der Waals surface area contributed by atoms with Crippen LogP contribution in [0, 0.1) is 0 Å². The average Bonchev–Trinajstić information content (AvgIpc) is 2.53. The first kappa shape index (κ1) is 17.0. The number of amides is 1. The molecule has 2 rings (SSSR count). The molecule has 0 heterocycles. The molecule has 0 spiro atoms. The molecule has 1 N–H and O–H groups in total. The van der Waals surface area contributed by atoms with Crippen molar-refractivity contribution in [1.82, 2.24) is 9.80 Å². The van der Waals surface area contributed by atoms with Gasteiger partial charge < -0.3 is 14.9 Å². The van der Waals surface area contributed by atoms with Gasteiger partial charge in [-0.15, -0.1) is 0 Å². The van der Waals surface area contributed by atoms with Gasteiger partial charge in [-0.25, -0.2) is 0 Å². The van der Waals surface area contributed by atoms with E-state index in [0.29, 0.717) is 13.1 Å². The Hall–Kier alpha value is -2.33. The number of rotatable bonds is 6. The summed E-state index contributed by atoms with van der Waals surface area (Å²) in [4.78, 5) is 16.4. The van der Waals surface area contributed by atoms with Gasteiger partial charge in [0, 0.05) is 12.1 Å². The highest BCUT2D eigenvalue weighted by Crippen LogP contribution is 2.25. The number of carbonyl (C=O) groups excluding carboxylic acids is 1. The molecular formula is C19H24N2O2. The fraction of sp³-hybridized carbons (Fsp3) is 0.316. The van der Waals surface area contributed by atoms with Crippen molar-refractivity contribution in [2.45, 2.75) is 19.5 Å². The Kier molecular flexibility index (Phi) is 5.77. The highest BCUT2D eigenvalue weighted by molar-refractivity contribution is 5.78. The highest BCUT2D eigenvalue weighted by atomic mass is 16.3. The Bertz CT molecular complexity index is 641. The Morgan fingerprint density at radius 3 is 2.26 bits per heavy atom. The molecule has 1 amide bonds. The Balaban J connectivity index is 2.28. The number of nitrogens with zero attached hydrogens (tertiary/aromatic N) is 2. The molecule has 4 heteroatoms. The Morgan fingerprint density at radius 2 is 1.65 bits per heavy atom. The van der Waals surface area contributed by atoms with E-state index in [2.05, 4.69) is 0 Å². The molecule has 0 radical (unpaired) electrons. The van der Waals surface area contributed by atoms with Crippen LogP contribution in [0.15, 0.2) is 54.6 Å². The third kappa shape index (κ3) is 4.57. The molecule has 2 aromatic carbocycles. The lowest BCUT2D eigenvalue weighted by Crippen LogP contribution is -2.39. The molecule has 0 aliphatic heterocycles. The summed E-state index contributed by atoms with van der Waals surface area (Å²) < 4.78 is 0. The predicted octanol–water partition coefficient (Wildman–Crippen LogP) is 3.04. The monoisotopic (exact) mass is 312 g/mol. The quantitative estimate of drug-likeness (QED) is 0.891.